The van der Waals surface area contributed by atoms with Gasteiger partial charge in [0.25, 0.3) is 5.91 Å². The zero-order valence-electron chi connectivity index (χ0n) is 20.8. The Labute approximate surface area is 218 Å². The third-order valence-corrected chi connectivity index (χ3v) is 6.50. The van der Waals surface area contributed by atoms with Crippen LogP contribution in [0.3, 0.4) is 0 Å². The molecule has 0 bridgehead atoms. The number of benzene rings is 2. The summed E-state index contributed by atoms with van der Waals surface area (Å²) in [5.74, 6) is -0.988. The maximum atomic E-state index is 14.4. The number of hydrogen-bond acceptors (Lipinski definition) is 4. The molecule has 9 heteroatoms. The number of anilines is 1. The average molecular weight is 557 g/mol. The number of halogens is 2. The third-order valence-electron chi connectivity index (χ3n) is 6.01. The maximum absolute atomic E-state index is 14.4. The maximum Gasteiger partial charge on any atom is 0.410 e. The molecule has 7 nitrogen and oxygen atoms in total. The van der Waals surface area contributed by atoms with E-state index in [4.69, 9.17) is 4.74 Å². The summed E-state index contributed by atoms with van der Waals surface area (Å²) in [5.41, 5.74) is 2.57. The predicted molar refractivity (Wildman–Crippen MR) is 140 cm³/mol. The lowest BCUT2D eigenvalue weighted by Crippen LogP contribution is -2.41. The summed E-state index contributed by atoms with van der Waals surface area (Å²) in [6.07, 6.45) is 2.48. The van der Waals surface area contributed by atoms with E-state index in [0.717, 1.165) is 16.9 Å². The molecule has 0 saturated carbocycles. The van der Waals surface area contributed by atoms with Crippen molar-refractivity contribution in [3.05, 3.63) is 75.8 Å². The molecule has 0 spiro atoms. The lowest BCUT2D eigenvalue weighted by Gasteiger charge is -2.34. The van der Waals surface area contributed by atoms with Gasteiger partial charge in [0.05, 0.1) is 28.8 Å². The van der Waals surface area contributed by atoms with E-state index >= 15 is 0 Å². The van der Waals surface area contributed by atoms with Gasteiger partial charge in [0.1, 0.15) is 11.4 Å². The average Bonchev–Trinajstić information content (AvgIpc) is 3.25. The Morgan fingerprint density at radius 2 is 1.86 bits per heavy atom. The molecule has 0 radical (unpaired) electrons. The Hall–Kier alpha value is -3.20. The molecule has 1 aliphatic rings. The minimum absolute atomic E-state index is 0.0257. The fourth-order valence-corrected chi connectivity index (χ4v) is 4.67. The highest BCUT2D eigenvalue weighted by Crippen LogP contribution is 2.33. The monoisotopic (exact) mass is 556 g/mol. The van der Waals surface area contributed by atoms with Crippen molar-refractivity contribution in [3.8, 4) is 5.69 Å². The van der Waals surface area contributed by atoms with Gasteiger partial charge >= 0.3 is 6.09 Å². The second kappa shape index (κ2) is 10.4. The van der Waals surface area contributed by atoms with Crippen LogP contribution in [0.2, 0.25) is 0 Å². The first-order valence-electron chi connectivity index (χ1n) is 11.9. The van der Waals surface area contributed by atoms with Crippen LogP contribution in [-0.4, -0.2) is 45.4 Å². The first-order valence-corrected chi connectivity index (χ1v) is 12.7. The van der Waals surface area contributed by atoms with Crippen LogP contribution in [0.1, 0.15) is 61.1 Å². The molecule has 1 N–H and O–H groups in total. The fourth-order valence-electron chi connectivity index (χ4n) is 4.33. The molecule has 190 valence electrons. The van der Waals surface area contributed by atoms with Gasteiger partial charge in [-0.25, -0.2) is 13.9 Å². The molecule has 0 aliphatic carbocycles. The van der Waals surface area contributed by atoms with E-state index in [-0.39, 0.29) is 17.7 Å². The standard InChI is InChI=1S/C27H30BrFN4O3/c1-17-6-5-7-20(14-17)33-24(18-10-12-32(13-11-18)26(35)36-27(2,3)4)21(16-30-33)25(34)31-23-9-8-19(28)15-22(23)29/h5-9,14-16,18H,10-13H2,1-4H3,(H,31,34). The molecular formula is C27H30BrFN4O3. The summed E-state index contributed by atoms with van der Waals surface area (Å²) in [5, 5.41) is 7.24. The first kappa shape index (κ1) is 25.9. The minimum Gasteiger partial charge on any atom is -0.444 e. The summed E-state index contributed by atoms with van der Waals surface area (Å²) < 4.78 is 22.3. The second-order valence-electron chi connectivity index (χ2n) is 10.0. The normalized spacial score (nSPS) is 14.6. The Kier molecular flexibility index (Phi) is 7.49. The number of rotatable bonds is 4. The molecular weight excluding hydrogens is 527 g/mol. The minimum atomic E-state index is -0.564. The van der Waals surface area contributed by atoms with Crippen molar-refractivity contribution in [2.45, 2.75) is 52.1 Å². The van der Waals surface area contributed by atoms with E-state index < -0.39 is 17.3 Å². The van der Waals surface area contributed by atoms with Crippen LogP contribution in [-0.2, 0) is 4.74 Å². The number of aromatic nitrogens is 2. The number of piperidine rings is 1. The van der Waals surface area contributed by atoms with E-state index in [1.165, 1.54) is 18.3 Å². The van der Waals surface area contributed by atoms with Crippen molar-refractivity contribution in [1.29, 1.82) is 0 Å². The second-order valence-corrected chi connectivity index (χ2v) is 10.9. The number of hydrogen-bond donors (Lipinski definition) is 1. The van der Waals surface area contributed by atoms with Crippen LogP contribution in [0, 0.1) is 12.7 Å². The summed E-state index contributed by atoms with van der Waals surface area (Å²) >= 11 is 3.23. The van der Waals surface area contributed by atoms with E-state index in [1.807, 2.05) is 52.0 Å². The largest absolute Gasteiger partial charge is 0.444 e. The van der Waals surface area contributed by atoms with E-state index in [1.54, 1.807) is 15.6 Å². The number of likely N-dealkylation sites (tertiary alicyclic amines) is 1. The number of amides is 2. The summed E-state index contributed by atoms with van der Waals surface area (Å²) in [7, 11) is 0. The van der Waals surface area contributed by atoms with Gasteiger partial charge in [-0.1, -0.05) is 28.1 Å². The number of carbonyl (C=O) groups is 2. The van der Waals surface area contributed by atoms with Gasteiger partial charge in [-0.05, 0) is 76.4 Å². The quantitative estimate of drug-likeness (QED) is 0.400. The fraction of sp³-hybridized carbons (Fsp3) is 0.370. The van der Waals surface area contributed by atoms with Crippen molar-refractivity contribution in [3.63, 3.8) is 0 Å². The molecule has 1 saturated heterocycles. The van der Waals surface area contributed by atoms with Crippen LogP contribution in [0.5, 0.6) is 0 Å². The Morgan fingerprint density at radius 1 is 1.14 bits per heavy atom. The SMILES string of the molecule is Cc1cccc(-n2ncc(C(=O)Nc3ccc(Br)cc3F)c2C2CCN(C(=O)OC(C)(C)C)CC2)c1. The summed E-state index contributed by atoms with van der Waals surface area (Å²) in [6, 6.07) is 12.4. The number of aryl methyl sites for hydroxylation is 1. The van der Waals surface area contributed by atoms with Gasteiger partial charge in [0, 0.05) is 23.5 Å². The van der Waals surface area contributed by atoms with E-state index in [2.05, 4.69) is 26.3 Å². The lowest BCUT2D eigenvalue weighted by molar-refractivity contribution is 0.0203. The molecule has 0 atom stereocenters. The third kappa shape index (κ3) is 5.95. The lowest BCUT2D eigenvalue weighted by atomic mass is 9.90. The smallest absolute Gasteiger partial charge is 0.410 e. The molecule has 36 heavy (non-hydrogen) atoms. The molecule has 2 aromatic carbocycles. The van der Waals surface area contributed by atoms with Gasteiger partial charge in [0.2, 0.25) is 0 Å². The molecule has 1 aromatic heterocycles. The number of carbonyl (C=O) groups excluding carboxylic acids is 2. The van der Waals surface area contributed by atoms with Gasteiger partial charge in [-0.2, -0.15) is 5.10 Å². The van der Waals surface area contributed by atoms with Crippen LogP contribution < -0.4 is 5.32 Å². The molecule has 3 aromatic rings. The zero-order valence-corrected chi connectivity index (χ0v) is 22.4. The van der Waals surface area contributed by atoms with Crippen molar-refractivity contribution in [2.24, 2.45) is 0 Å². The van der Waals surface area contributed by atoms with Crippen LogP contribution in [0.4, 0.5) is 14.9 Å². The first-order chi connectivity index (χ1) is 17.0. The highest BCUT2D eigenvalue weighted by Gasteiger charge is 2.32. The number of nitrogens with one attached hydrogen (secondary N) is 1. The van der Waals surface area contributed by atoms with E-state index in [0.29, 0.717) is 36.0 Å². The van der Waals surface area contributed by atoms with Crippen molar-refractivity contribution < 1.29 is 18.7 Å². The van der Waals surface area contributed by atoms with E-state index in [9.17, 15) is 14.0 Å². The van der Waals surface area contributed by atoms with Gasteiger partial charge in [-0.15, -0.1) is 0 Å². The molecule has 4 rings (SSSR count). The van der Waals surface area contributed by atoms with Crippen molar-refractivity contribution in [1.82, 2.24) is 14.7 Å². The van der Waals surface area contributed by atoms with Crippen LogP contribution in [0.25, 0.3) is 5.69 Å². The van der Waals surface area contributed by atoms with Crippen LogP contribution >= 0.6 is 15.9 Å². The zero-order chi connectivity index (χ0) is 26.0. The topological polar surface area (TPSA) is 76.5 Å². The predicted octanol–water partition coefficient (Wildman–Crippen LogP) is 6.45. The Morgan fingerprint density at radius 3 is 2.50 bits per heavy atom. The van der Waals surface area contributed by atoms with Gasteiger partial charge < -0.3 is 15.0 Å². The number of nitrogens with zero attached hydrogens (tertiary/aromatic N) is 3. The highest BCUT2D eigenvalue weighted by atomic mass is 79.9. The number of ether oxygens (including phenoxy) is 1. The van der Waals surface area contributed by atoms with Crippen LogP contribution in [0.15, 0.2) is 53.1 Å². The molecule has 2 amide bonds. The van der Waals surface area contributed by atoms with Gasteiger partial charge in [0.15, 0.2) is 0 Å². The molecule has 1 aliphatic heterocycles. The van der Waals surface area contributed by atoms with Crippen molar-refractivity contribution in [2.75, 3.05) is 18.4 Å². The highest BCUT2D eigenvalue weighted by molar-refractivity contribution is 9.10. The molecule has 2 heterocycles. The molecule has 0 unspecified atom stereocenters. The molecule has 1 fully saturated rings. The van der Waals surface area contributed by atoms with Gasteiger partial charge in [-0.3, -0.25) is 4.79 Å². The summed E-state index contributed by atoms with van der Waals surface area (Å²) in [4.78, 5) is 27.6. The van der Waals surface area contributed by atoms with Crippen molar-refractivity contribution >= 4 is 33.6 Å². The summed E-state index contributed by atoms with van der Waals surface area (Å²) in [6.45, 7) is 8.53. The Balaban J connectivity index is 1.63. The Bertz CT molecular complexity index is 1280.